The number of fused-ring (bicyclic) bond motifs is 1. The largest absolute Gasteiger partial charge is 0.493 e. The maximum absolute atomic E-state index is 11.0. The van der Waals surface area contributed by atoms with E-state index in [1.54, 1.807) is 11.3 Å². The van der Waals surface area contributed by atoms with Gasteiger partial charge in [0.2, 0.25) is 0 Å². The van der Waals surface area contributed by atoms with Crippen molar-refractivity contribution in [1.82, 2.24) is 4.98 Å². The molecule has 138 valence electrons. The summed E-state index contributed by atoms with van der Waals surface area (Å²) >= 11 is 1.67. The average Bonchev–Trinajstić information content (AvgIpc) is 3.32. The Morgan fingerprint density at radius 3 is 3.00 bits per heavy atom. The van der Waals surface area contributed by atoms with Crippen molar-refractivity contribution in [2.75, 3.05) is 6.61 Å². The van der Waals surface area contributed by atoms with Gasteiger partial charge in [0.1, 0.15) is 5.75 Å². The van der Waals surface area contributed by atoms with Gasteiger partial charge in [-0.05, 0) is 65.6 Å². The Hall–Kier alpha value is -2.66. The highest BCUT2D eigenvalue weighted by atomic mass is 32.1. The second kappa shape index (κ2) is 7.92. The van der Waals surface area contributed by atoms with Gasteiger partial charge in [0.15, 0.2) is 0 Å². The van der Waals surface area contributed by atoms with Crippen LogP contribution in [0.2, 0.25) is 0 Å². The van der Waals surface area contributed by atoms with E-state index in [4.69, 9.17) is 14.8 Å². The molecule has 0 aliphatic heterocycles. The van der Waals surface area contributed by atoms with Gasteiger partial charge in [-0.25, -0.2) is 0 Å². The van der Waals surface area contributed by atoms with Crippen LogP contribution in [0.1, 0.15) is 35.6 Å². The van der Waals surface area contributed by atoms with E-state index in [-0.39, 0.29) is 12.3 Å². The molecule has 0 saturated heterocycles. The van der Waals surface area contributed by atoms with Crippen LogP contribution in [0.25, 0.3) is 11.3 Å². The summed E-state index contributed by atoms with van der Waals surface area (Å²) in [5.74, 6) is 0.250. The number of carbonyl (C=O) groups is 1. The van der Waals surface area contributed by atoms with E-state index in [2.05, 4.69) is 22.9 Å². The summed E-state index contributed by atoms with van der Waals surface area (Å²) in [6.07, 6.45) is 2.79. The zero-order chi connectivity index (χ0) is 18.6. The van der Waals surface area contributed by atoms with Gasteiger partial charge in [0, 0.05) is 23.1 Å². The molecule has 1 aliphatic rings. The first-order valence-electron chi connectivity index (χ1n) is 9.15. The number of aryl methyl sites for hydroxylation is 1. The topological polar surface area (TPSA) is 59.4 Å². The van der Waals surface area contributed by atoms with Gasteiger partial charge in [-0.1, -0.05) is 12.1 Å². The predicted octanol–water partition coefficient (Wildman–Crippen LogP) is 4.94. The summed E-state index contributed by atoms with van der Waals surface area (Å²) in [5.41, 5.74) is 5.54. The number of rotatable bonds is 7. The van der Waals surface area contributed by atoms with Gasteiger partial charge in [-0.15, -0.1) is 0 Å². The Bertz CT molecular complexity index is 936. The molecule has 1 N–H and O–H groups in total. The zero-order valence-electron chi connectivity index (χ0n) is 14.9. The van der Waals surface area contributed by atoms with E-state index in [1.807, 2.05) is 30.3 Å². The molecule has 0 unspecified atom stereocenters. The van der Waals surface area contributed by atoms with Crippen molar-refractivity contribution in [3.63, 3.8) is 0 Å². The Balaban J connectivity index is 1.36. The van der Waals surface area contributed by atoms with Gasteiger partial charge < -0.3 is 9.84 Å². The molecule has 0 spiro atoms. The maximum atomic E-state index is 11.0. The van der Waals surface area contributed by atoms with Crippen LogP contribution in [0, 0.1) is 0 Å². The molecule has 1 atom stereocenters. The lowest BCUT2D eigenvalue weighted by atomic mass is 9.98. The number of nitrogens with zero attached hydrogens (tertiary/aromatic N) is 1. The molecule has 0 bridgehead atoms. The van der Waals surface area contributed by atoms with E-state index < -0.39 is 5.97 Å². The molecule has 27 heavy (non-hydrogen) atoms. The molecule has 2 aromatic heterocycles. The van der Waals surface area contributed by atoms with Crippen LogP contribution in [-0.4, -0.2) is 22.7 Å². The standard InChI is InChI=1S/C22H21NO3S/c24-22(25)13-16-5-4-15-12-19(6-7-20(15)16)26-10-8-18-2-1-3-21(23-18)17-9-11-27-14-17/h1-3,6-7,9,11-12,14,16H,4-5,8,10,13H2,(H,24,25)/t16-/m0/s1. The SMILES string of the molecule is O=C(O)C[C@@H]1CCc2cc(OCCc3cccc(-c4ccsc4)n3)ccc21. The number of thiophene rings is 1. The van der Waals surface area contributed by atoms with Crippen molar-refractivity contribution in [2.24, 2.45) is 0 Å². The quantitative estimate of drug-likeness (QED) is 0.632. The molecule has 1 aliphatic carbocycles. The van der Waals surface area contributed by atoms with E-state index in [1.165, 1.54) is 5.56 Å². The second-order valence-corrected chi connectivity index (χ2v) is 7.60. The summed E-state index contributed by atoms with van der Waals surface area (Å²) in [6, 6.07) is 14.2. The van der Waals surface area contributed by atoms with E-state index >= 15 is 0 Å². The fourth-order valence-corrected chi connectivity index (χ4v) is 4.31. The Kier molecular flexibility index (Phi) is 5.21. The molecule has 4 rings (SSSR count). The first-order chi connectivity index (χ1) is 13.2. The first kappa shape index (κ1) is 17.7. The number of carboxylic acids is 1. The lowest BCUT2D eigenvalue weighted by molar-refractivity contribution is -0.137. The fourth-order valence-electron chi connectivity index (χ4n) is 3.66. The molecule has 1 aromatic carbocycles. The normalized spacial score (nSPS) is 15.5. The zero-order valence-corrected chi connectivity index (χ0v) is 15.7. The molecular formula is C22H21NO3S. The highest BCUT2D eigenvalue weighted by Crippen LogP contribution is 2.37. The van der Waals surface area contributed by atoms with Gasteiger partial charge in [0.05, 0.1) is 18.7 Å². The summed E-state index contributed by atoms with van der Waals surface area (Å²) in [5, 5.41) is 13.2. The van der Waals surface area contributed by atoms with Crippen molar-refractivity contribution >= 4 is 17.3 Å². The number of carboxylic acid groups (broad SMARTS) is 1. The molecular weight excluding hydrogens is 358 g/mol. The molecule has 0 saturated carbocycles. The number of aromatic nitrogens is 1. The molecule has 4 nitrogen and oxygen atoms in total. The lowest BCUT2D eigenvalue weighted by Gasteiger charge is -2.11. The third kappa shape index (κ3) is 4.19. The number of ether oxygens (including phenoxy) is 1. The third-order valence-electron chi connectivity index (χ3n) is 4.99. The van der Waals surface area contributed by atoms with Crippen LogP contribution in [0.4, 0.5) is 0 Å². The van der Waals surface area contributed by atoms with Gasteiger partial charge in [0.25, 0.3) is 0 Å². The van der Waals surface area contributed by atoms with Crippen molar-refractivity contribution in [2.45, 2.75) is 31.6 Å². The molecule has 0 amide bonds. The van der Waals surface area contributed by atoms with Crippen molar-refractivity contribution in [3.05, 3.63) is 70.0 Å². The van der Waals surface area contributed by atoms with Crippen molar-refractivity contribution < 1.29 is 14.6 Å². The van der Waals surface area contributed by atoms with Crippen molar-refractivity contribution in [1.29, 1.82) is 0 Å². The lowest BCUT2D eigenvalue weighted by Crippen LogP contribution is -2.04. The van der Waals surface area contributed by atoms with Gasteiger partial charge >= 0.3 is 5.97 Å². The molecule has 0 radical (unpaired) electrons. The smallest absolute Gasteiger partial charge is 0.303 e. The fraction of sp³-hybridized carbons (Fsp3) is 0.273. The number of aliphatic carboxylic acids is 1. The van der Waals surface area contributed by atoms with Crippen LogP contribution >= 0.6 is 11.3 Å². The summed E-state index contributed by atoms with van der Waals surface area (Å²) in [6.45, 7) is 0.567. The van der Waals surface area contributed by atoms with E-state index in [9.17, 15) is 4.79 Å². The minimum Gasteiger partial charge on any atom is -0.493 e. The monoisotopic (exact) mass is 379 g/mol. The summed E-state index contributed by atoms with van der Waals surface area (Å²) in [4.78, 5) is 15.7. The summed E-state index contributed by atoms with van der Waals surface area (Å²) < 4.78 is 5.93. The predicted molar refractivity (Wildman–Crippen MR) is 107 cm³/mol. The van der Waals surface area contributed by atoms with E-state index in [0.29, 0.717) is 6.61 Å². The van der Waals surface area contributed by atoms with E-state index in [0.717, 1.165) is 47.5 Å². The molecule has 0 fully saturated rings. The summed E-state index contributed by atoms with van der Waals surface area (Å²) in [7, 11) is 0. The Morgan fingerprint density at radius 1 is 1.26 bits per heavy atom. The Labute approximate surface area is 162 Å². The van der Waals surface area contributed by atoms with Crippen LogP contribution < -0.4 is 4.74 Å². The van der Waals surface area contributed by atoms with Crippen LogP contribution in [0.5, 0.6) is 5.75 Å². The van der Waals surface area contributed by atoms with Gasteiger partial charge in [-0.3, -0.25) is 9.78 Å². The maximum Gasteiger partial charge on any atom is 0.303 e. The third-order valence-corrected chi connectivity index (χ3v) is 5.67. The highest BCUT2D eigenvalue weighted by Gasteiger charge is 2.24. The minimum atomic E-state index is -0.731. The van der Waals surface area contributed by atoms with Gasteiger partial charge in [-0.2, -0.15) is 11.3 Å². The Morgan fingerprint density at radius 2 is 2.19 bits per heavy atom. The van der Waals surface area contributed by atoms with Crippen LogP contribution in [0.3, 0.4) is 0 Å². The highest BCUT2D eigenvalue weighted by molar-refractivity contribution is 7.08. The number of hydrogen-bond donors (Lipinski definition) is 1. The molecule has 2 heterocycles. The number of pyridine rings is 1. The first-order valence-corrected chi connectivity index (χ1v) is 10.1. The average molecular weight is 379 g/mol. The second-order valence-electron chi connectivity index (χ2n) is 6.82. The molecule has 5 heteroatoms. The number of benzene rings is 1. The van der Waals surface area contributed by atoms with Crippen molar-refractivity contribution in [3.8, 4) is 17.0 Å². The molecule has 3 aromatic rings. The number of hydrogen-bond acceptors (Lipinski definition) is 4. The van der Waals surface area contributed by atoms with Crippen LogP contribution in [0.15, 0.2) is 53.2 Å². The minimum absolute atomic E-state index is 0.135. The van der Waals surface area contributed by atoms with Crippen LogP contribution in [-0.2, 0) is 17.6 Å².